The Labute approximate surface area is 106 Å². The van der Waals surface area contributed by atoms with Crippen LogP contribution >= 0.6 is 11.6 Å². The first-order valence-electron chi connectivity index (χ1n) is 5.36. The predicted octanol–water partition coefficient (Wildman–Crippen LogP) is 4.01. The Hall–Kier alpha value is -1.78. The average Bonchev–Trinajstić information content (AvgIpc) is 2.38. The van der Waals surface area contributed by atoms with Gasteiger partial charge in [0.15, 0.2) is 0 Å². The van der Waals surface area contributed by atoms with Gasteiger partial charge in [0.25, 0.3) is 0 Å². The molecule has 0 saturated heterocycles. The van der Waals surface area contributed by atoms with E-state index in [-0.39, 0.29) is 0 Å². The smallest absolute Gasteiger partial charge is 0.0991 e. The maximum absolute atomic E-state index is 8.80. The molecule has 0 aliphatic rings. The highest BCUT2D eigenvalue weighted by molar-refractivity contribution is 6.30. The van der Waals surface area contributed by atoms with Crippen LogP contribution in [0.25, 0.3) is 0 Å². The normalized spacial score (nSPS) is 9.88. The summed E-state index contributed by atoms with van der Waals surface area (Å²) in [7, 11) is 0. The van der Waals surface area contributed by atoms with Gasteiger partial charge in [0.05, 0.1) is 11.6 Å². The Morgan fingerprint density at radius 1 is 1.12 bits per heavy atom. The minimum absolute atomic E-state index is 0.701. The number of benzene rings is 2. The van der Waals surface area contributed by atoms with Crippen LogP contribution in [0.3, 0.4) is 0 Å². The molecule has 0 aromatic heterocycles. The fourth-order valence-corrected chi connectivity index (χ4v) is 1.73. The molecule has 0 fully saturated rings. The summed E-state index contributed by atoms with van der Waals surface area (Å²) in [4.78, 5) is 0. The van der Waals surface area contributed by atoms with Crippen molar-refractivity contribution in [2.45, 2.75) is 6.42 Å². The number of nitriles is 1. The van der Waals surface area contributed by atoms with E-state index in [9.17, 15) is 0 Å². The second kappa shape index (κ2) is 5.52. The van der Waals surface area contributed by atoms with E-state index in [0.29, 0.717) is 5.56 Å². The zero-order chi connectivity index (χ0) is 12.1. The minimum Gasteiger partial charge on any atom is -0.192 e. The maximum Gasteiger partial charge on any atom is 0.0991 e. The molecule has 17 heavy (non-hydrogen) atoms. The van der Waals surface area contributed by atoms with Crippen molar-refractivity contribution in [3.63, 3.8) is 0 Å². The van der Waals surface area contributed by atoms with Gasteiger partial charge in [-0.15, -0.1) is 0 Å². The van der Waals surface area contributed by atoms with Crippen LogP contribution in [0.5, 0.6) is 0 Å². The summed E-state index contributed by atoms with van der Waals surface area (Å²) in [5, 5.41) is 9.55. The molecule has 0 heterocycles. The number of hydrogen-bond donors (Lipinski definition) is 0. The maximum atomic E-state index is 8.80. The van der Waals surface area contributed by atoms with Crippen molar-refractivity contribution in [2.75, 3.05) is 0 Å². The van der Waals surface area contributed by atoms with E-state index in [0.717, 1.165) is 22.6 Å². The molecule has 0 saturated carbocycles. The van der Waals surface area contributed by atoms with Crippen molar-refractivity contribution < 1.29 is 0 Å². The molecular weight excluding hydrogens is 230 g/mol. The van der Waals surface area contributed by atoms with Gasteiger partial charge in [-0.25, -0.2) is 0 Å². The number of halogens is 1. The van der Waals surface area contributed by atoms with E-state index < -0.39 is 0 Å². The van der Waals surface area contributed by atoms with Crippen molar-refractivity contribution in [3.8, 4) is 6.07 Å². The Morgan fingerprint density at radius 3 is 2.59 bits per heavy atom. The minimum atomic E-state index is 0.701. The van der Waals surface area contributed by atoms with Gasteiger partial charge in [0.2, 0.25) is 0 Å². The molecular formula is C15H11ClN. The van der Waals surface area contributed by atoms with E-state index >= 15 is 0 Å². The third-order valence-electron chi connectivity index (χ3n) is 2.50. The fourth-order valence-electron chi connectivity index (χ4n) is 1.60. The first-order valence-corrected chi connectivity index (χ1v) is 5.73. The molecule has 2 aromatic rings. The van der Waals surface area contributed by atoms with Crippen molar-refractivity contribution >= 4 is 11.6 Å². The van der Waals surface area contributed by atoms with Crippen LogP contribution in [-0.4, -0.2) is 0 Å². The molecule has 0 amide bonds. The van der Waals surface area contributed by atoms with Gasteiger partial charge in [0, 0.05) is 5.02 Å². The molecule has 0 aliphatic carbocycles. The number of rotatable bonds is 3. The molecule has 0 aliphatic heterocycles. The molecule has 1 nitrogen and oxygen atoms in total. The van der Waals surface area contributed by atoms with E-state index in [1.807, 2.05) is 48.5 Å². The van der Waals surface area contributed by atoms with Gasteiger partial charge in [-0.1, -0.05) is 35.9 Å². The average molecular weight is 241 g/mol. The number of nitrogens with zero attached hydrogens (tertiary/aromatic N) is 1. The topological polar surface area (TPSA) is 23.8 Å². The third kappa shape index (κ3) is 3.34. The van der Waals surface area contributed by atoms with E-state index in [2.05, 4.69) is 12.5 Å². The quantitative estimate of drug-likeness (QED) is 0.795. The van der Waals surface area contributed by atoms with E-state index in [1.165, 1.54) is 0 Å². The zero-order valence-corrected chi connectivity index (χ0v) is 9.98. The lowest BCUT2D eigenvalue weighted by Crippen LogP contribution is -1.89. The standard InChI is InChI=1S/C15H11ClN/c16-15-8-6-12(7-9-15)4-5-13-2-1-3-14(10-13)11-17/h1-4,6-10H,5H2. The second-order valence-corrected chi connectivity index (χ2v) is 4.21. The first-order chi connectivity index (χ1) is 8.28. The largest absolute Gasteiger partial charge is 0.192 e. The lowest BCUT2D eigenvalue weighted by atomic mass is 10.0. The van der Waals surface area contributed by atoms with Crippen LogP contribution in [0.2, 0.25) is 5.02 Å². The Kier molecular flexibility index (Phi) is 3.80. The highest BCUT2D eigenvalue weighted by Gasteiger charge is 1.98. The van der Waals surface area contributed by atoms with Gasteiger partial charge >= 0.3 is 0 Å². The molecule has 0 bridgehead atoms. The van der Waals surface area contributed by atoms with Gasteiger partial charge < -0.3 is 0 Å². The highest BCUT2D eigenvalue weighted by atomic mass is 35.5. The van der Waals surface area contributed by atoms with Crippen molar-refractivity contribution in [2.24, 2.45) is 0 Å². The van der Waals surface area contributed by atoms with Crippen LogP contribution in [0.1, 0.15) is 16.7 Å². The third-order valence-corrected chi connectivity index (χ3v) is 2.75. The fraction of sp³-hybridized carbons (Fsp3) is 0.0667. The summed E-state index contributed by atoms with van der Waals surface area (Å²) in [5.41, 5.74) is 2.97. The Morgan fingerprint density at radius 2 is 1.88 bits per heavy atom. The summed E-state index contributed by atoms with van der Waals surface area (Å²) >= 11 is 5.82. The molecule has 2 aromatic carbocycles. The molecule has 0 atom stereocenters. The summed E-state index contributed by atoms with van der Waals surface area (Å²) in [5.74, 6) is 0. The molecule has 83 valence electrons. The summed E-state index contributed by atoms with van der Waals surface area (Å²) in [6.07, 6.45) is 2.93. The lowest BCUT2D eigenvalue weighted by molar-refractivity contribution is 1.16. The molecule has 1 radical (unpaired) electrons. The van der Waals surface area contributed by atoms with Crippen molar-refractivity contribution in [1.82, 2.24) is 0 Å². The second-order valence-electron chi connectivity index (χ2n) is 3.77. The van der Waals surface area contributed by atoms with Crippen LogP contribution in [0.15, 0.2) is 48.5 Å². The molecule has 0 N–H and O–H groups in total. The molecule has 2 heteroatoms. The van der Waals surface area contributed by atoms with Gasteiger partial charge in [-0.2, -0.15) is 5.26 Å². The van der Waals surface area contributed by atoms with Crippen LogP contribution in [-0.2, 0) is 6.42 Å². The monoisotopic (exact) mass is 240 g/mol. The van der Waals surface area contributed by atoms with E-state index in [1.54, 1.807) is 0 Å². The lowest BCUT2D eigenvalue weighted by Gasteiger charge is -2.02. The first kappa shape index (κ1) is 11.7. The number of hydrogen-bond acceptors (Lipinski definition) is 1. The SMILES string of the molecule is N#Cc1cccc(C[CH]c2ccc(Cl)cc2)c1. The highest BCUT2D eigenvalue weighted by Crippen LogP contribution is 2.14. The van der Waals surface area contributed by atoms with Crippen molar-refractivity contribution in [3.05, 3.63) is 76.7 Å². The Bertz CT molecular complexity index is 538. The summed E-state index contributed by atoms with van der Waals surface area (Å²) < 4.78 is 0. The van der Waals surface area contributed by atoms with Gasteiger partial charge in [-0.05, 0) is 48.2 Å². The van der Waals surface area contributed by atoms with Crippen molar-refractivity contribution in [1.29, 1.82) is 5.26 Å². The predicted molar refractivity (Wildman–Crippen MR) is 69.7 cm³/mol. The molecule has 2 rings (SSSR count). The zero-order valence-electron chi connectivity index (χ0n) is 9.23. The van der Waals surface area contributed by atoms with Gasteiger partial charge in [0.1, 0.15) is 0 Å². The van der Waals surface area contributed by atoms with Crippen LogP contribution in [0.4, 0.5) is 0 Å². The van der Waals surface area contributed by atoms with E-state index in [4.69, 9.17) is 16.9 Å². The van der Waals surface area contributed by atoms with Crippen LogP contribution < -0.4 is 0 Å². The molecule has 0 spiro atoms. The van der Waals surface area contributed by atoms with Gasteiger partial charge in [-0.3, -0.25) is 0 Å². The summed E-state index contributed by atoms with van der Waals surface area (Å²) in [6, 6.07) is 17.5. The van der Waals surface area contributed by atoms with Crippen LogP contribution in [0, 0.1) is 17.8 Å². The summed E-state index contributed by atoms with van der Waals surface area (Å²) in [6.45, 7) is 0. The Balaban J connectivity index is 2.02. The molecule has 0 unspecified atom stereocenters.